The Morgan fingerprint density at radius 1 is 1.23 bits per heavy atom. The predicted octanol–water partition coefficient (Wildman–Crippen LogP) is 3.26. The van der Waals surface area contributed by atoms with Gasteiger partial charge in [-0.2, -0.15) is 0 Å². The molecule has 0 nitrogen and oxygen atoms in total. The van der Waals surface area contributed by atoms with E-state index in [2.05, 4.69) is 43.9 Å². The molecule has 0 bridgehead atoms. The number of aryl methyl sites for hydroxylation is 3. The lowest BCUT2D eigenvalue weighted by Gasteiger charge is -2.04. The molecule has 0 atom stereocenters. The van der Waals surface area contributed by atoms with Crippen molar-refractivity contribution in [3.8, 4) is 11.8 Å². The second-order valence-electron chi connectivity index (χ2n) is 3.36. The monoisotopic (exact) mass is 172 g/mol. The molecule has 0 aromatic heterocycles. The van der Waals surface area contributed by atoms with Crippen LogP contribution in [0.4, 0.5) is 0 Å². The van der Waals surface area contributed by atoms with Crippen molar-refractivity contribution in [1.29, 1.82) is 0 Å². The molecule has 1 aromatic carbocycles. The number of benzene rings is 1. The molecule has 0 radical (unpaired) electrons. The quantitative estimate of drug-likeness (QED) is 0.601. The molecule has 0 spiro atoms. The molecule has 0 amide bonds. The Balaban J connectivity index is 2.73. The van der Waals surface area contributed by atoms with Gasteiger partial charge in [0, 0.05) is 6.42 Å². The van der Waals surface area contributed by atoms with E-state index in [1.807, 2.05) is 6.92 Å². The topological polar surface area (TPSA) is 0 Å². The third-order valence-electron chi connectivity index (χ3n) is 2.20. The fraction of sp³-hybridized carbons (Fsp3) is 0.385. The Morgan fingerprint density at radius 3 is 2.69 bits per heavy atom. The third kappa shape index (κ3) is 2.95. The van der Waals surface area contributed by atoms with Crippen molar-refractivity contribution in [1.82, 2.24) is 0 Å². The van der Waals surface area contributed by atoms with Gasteiger partial charge in [-0.05, 0) is 38.3 Å². The molecule has 0 N–H and O–H groups in total. The van der Waals surface area contributed by atoms with Crippen LogP contribution in [0.15, 0.2) is 18.2 Å². The molecule has 13 heavy (non-hydrogen) atoms. The zero-order valence-electron chi connectivity index (χ0n) is 8.65. The Hall–Kier alpha value is -1.22. The predicted molar refractivity (Wildman–Crippen MR) is 57.7 cm³/mol. The minimum Gasteiger partial charge on any atom is -0.107 e. The molecule has 0 aliphatic rings. The molecule has 68 valence electrons. The molecule has 0 heterocycles. The van der Waals surface area contributed by atoms with Gasteiger partial charge in [0.25, 0.3) is 0 Å². The van der Waals surface area contributed by atoms with Gasteiger partial charge < -0.3 is 0 Å². The van der Waals surface area contributed by atoms with E-state index in [4.69, 9.17) is 0 Å². The van der Waals surface area contributed by atoms with Crippen LogP contribution >= 0.6 is 0 Å². The minimum absolute atomic E-state index is 0.973. The summed E-state index contributed by atoms with van der Waals surface area (Å²) in [5, 5.41) is 0. The van der Waals surface area contributed by atoms with Crippen molar-refractivity contribution in [2.75, 3.05) is 0 Å². The average molecular weight is 172 g/mol. The first kappa shape index (κ1) is 9.86. The zero-order chi connectivity index (χ0) is 9.68. The van der Waals surface area contributed by atoms with E-state index in [-0.39, 0.29) is 0 Å². The summed E-state index contributed by atoms with van der Waals surface area (Å²) < 4.78 is 0. The Labute approximate surface area is 81.0 Å². The molecule has 1 rings (SSSR count). The Bertz CT molecular complexity index is 337. The molecule has 0 aliphatic carbocycles. The summed E-state index contributed by atoms with van der Waals surface area (Å²) in [6.45, 7) is 6.19. The van der Waals surface area contributed by atoms with Gasteiger partial charge in [0.1, 0.15) is 0 Å². The zero-order valence-corrected chi connectivity index (χ0v) is 8.65. The van der Waals surface area contributed by atoms with Crippen LogP contribution in [-0.4, -0.2) is 0 Å². The van der Waals surface area contributed by atoms with Crippen LogP contribution in [0.25, 0.3) is 0 Å². The maximum atomic E-state index is 3.09. The van der Waals surface area contributed by atoms with E-state index < -0.39 is 0 Å². The Kier molecular flexibility index (Phi) is 3.58. The maximum Gasteiger partial charge on any atom is 0.0129 e. The Morgan fingerprint density at radius 2 is 2.00 bits per heavy atom. The molecule has 0 saturated carbocycles. The number of hydrogen-bond donors (Lipinski definition) is 0. The third-order valence-corrected chi connectivity index (χ3v) is 2.20. The summed E-state index contributed by atoms with van der Waals surface area (Å²) in [7, 11) is 0. The lowest BCUT2D eigenvalue weighted by molar-refractivity contribution is 1.01. The van der Waals surface area contributed by atoms with E-state index in [1.165, 1.54) is 16.7 Å². The van der Waals surface area contributed by atoms with E-state index in [0.717, 1.165) is 12.8 Å². The van der Waals surface area contributed by atoms with E-state index in [1.54, 1.807) is 0 Å². The first-order valence-corrected chi connectivity index (χ1v) is 4.70. The molecule has 0 aliphatic heterocycles. The average Bonchev–Trinajstić information content (AvgIpc) is 2.11. The summed E-state index contributed by atoms with van der Waals surface area (Å²) in [6.07, 6.45) is 2.05. The smallest absolute Gasteiger partial charge is 0.0129 e. The van der Waals surface area contributed by atoms with Crippen LogP contribution in [0, 0.1) is 25.7 Å². The standard InChI is InChI=1S/C13H16/c1-4-5-6-7-13-10-11(2)8-9-12(13)3/h8-10H,6-7H2,1-3H3. The molecular weight excluding hydrogens is 156 g/mol. The highest BCUT2D eigenvalue weighted by molar-refractivity contribution is 5.30. The van der Waals surface area contributed by atoms with Gasteiger partial charge in [0.05, 0.1) is 0 Å². The van der Waals surface area contributed by atoms with Crippen molar-refractivity contribution < 1.29 is 0 Å². The summed E-state index contributed by atoms with van der Waals surface area (Å²) in [6, 6.07) is 6.60. The first-order chi connectivity index (χ1) is 6.24. The molecular formula is C13H16. The maximum absolute atomic E-state index is 3.09. The van der Waals surface area contributed by atoms with Crippen LogP contribution in [0.1, 0.15) is 30.0 Å². The summed E-state index contributed by atoms with van der Waals surface area (Å²) in [5.41, 5.74) is 4.15. The molecule has 0 saturated heterocycles. The number of rotatable bonds is 2. The summed E-state index contributed by atoms with van der Waals surface area (Å²) >= 11 is 0. The van der Waals surface area contributed by atoms with E-state index in [9.17, 15) is 0 Å². The van der Waals surface area contributed by atoms with Crippen molar-refractivity contribution in [3.63, 3.8) is 0 Å². The van der Waals surface area contributed by atoms with Gasteiger partial charge in [-0.1, -0.05) is 23.8 Å². The van der Waals surface area contributed by atoms with Crippen molar-refractivity contribution in [2.24, 2.45) is 0 Å². The fourth-order valence-electron chi connectivity index (χ4n) is 1.39. The second kappa shape index (κ2) is 4.72. The highest BCUT2D eigenvalue weighted by atomic mass is 14.0. The van der Waals surface area contributed by atoms with Crippen LogP contribution < -0.4 is 0 Å². The SMILES string of the molecule is CC#CCCc1cc(C)ccc1C. The van der Waals surface area contributed by atoms with Crippen molar-refractivity contribution in [3.05, 3.63) is 34.9 Å². The van der Waals surface area contributed by atoms with Gasteiger partial charge in [0.2, 0.25) is 0 Å². The minimum atomic E-state index is 0.973. The van der Waals surface area contributed by atoms with Crippen molar-refractivity contribution >= 4 is 0 Å². The largest absolute Gasteiger partial charge is 0.107 e. The van der Waals surface area contributed by atoms with E-state index >= 15 is 0 Å². The summed E-state index contributed by atoms with van der Waals surface area (Å²) in [4.78, 5) is 0. The second-order valence-corrected chi connectivity index (χ2v) is 3.36. The van der Waals surface area contributed by atoms with Crippen molar-refractivity contribution in [2.45, 2.75) is 33.6 Å². The molecule has 0 unspecified atom stereocenters. The molecule has 0 fully saturated rings. The molecule has 0 heteroatoms. The van der Waals surface area contributed by atoms with Crippen LogP contribution in [0.3, 0.4) is 0 Å². The highest BCUT2D eigenvalue weighted by Gasteiger charge is 1.96. The van der Waals surface area contributed by atoms with Crippen LogP contribution in [0.5, 0.6) is 0 Å². The fourth-order valence-corrected chi connectivity index (χ4v) is 1.39. The van der Waals surface area contributed by atoms with Crippen LogP contribution in [-0.2, 0) is 6.42 Å². The normalized spacial score (nSPS) is 9.15. The van der Waals surface area contributed by atoms with Gasteiger partial charge in [-0.25, -0.2) is 0 Å². The van der Waals surface area contributed by atoms with Crippen LogP contribution in [0.2, 0.25) is 0 Å². The van der Waals surface area contributed by atoms with Gasteiger partial charge in [0.15, 0.2) is 0 Å². The van der Waals surface area contributed by atoms with Gasteiger partial charge >= 0.3 is 0 Å². The lowest BCUT2D eigenvalue weighted by Crippen LogP contribution is -1.89. The first-order valence-electron chi connectivity index (χ1n) is 4.70. The van der Waals surface area contributed by atoms with E-state index in [0.29, 0.717) is 0 Å². The summed E-state index contributed by atoms with van der Waals surface area (Å²) in [5.74, 6) is 6.02. The van der Waals surface area contributed by atoms with Gasteiger partial charge in [-0.15, -0.1) is 11.8 Å². The molecule has 1 aromatic rings. The lowest BCUT2D eigenvalue weighted by atomic mass is 10.0. The van der Waals surface area contributed by atoms with Gasteiger partial charge in [-0.3, -0.25) is 0 Å². The number of hydrogen-bond acceptors (Lipinski definition) is 0. The highest BCUT2D eigenvalue weighted by Crippen LogP contribution is 2.12.